The van der Waals surface area contributed by atoms with E-state index in [1.807, 2.05) is 35.2 Å². The van der Waals surface area contributed by atoms with Crippen molar-refractivity contribution in [2.24, 2.45) is 5.92 Å². The van der Waals surface area contributed by atoms with Gasteiger partial charge in [0.25, 0.3) is 0 Å². The topological polar surface area (TPSA) is 71.7 Å². The van der Waals surface area contributed by atoms with Crippen LogP contribution in [0, 0.1) is 5.92 Å². The van der Waals surface area contributed by atoms with Gasteiger partial charge in [-0.25, -0.2) is 0 Å². The van der Waals surface area contributed by atoms with E-state index in [1.165, 1.54) is 0 Å². The quantitative estimate of drug-likeness (QED) is 0.822. The molecule has 2 aliphatic rings. The molecule has 0 spiro atoms. The zero-order chi connectivity index (χ0) is 18.5. The summed E-state index contributed by atoms with van der Waals surface area (Å²) < 4.78 is 10.8. The molecule has 1 aromatic heterocycles. The van der Waals surface area contributed by atoms with Gasteiger partial charge in [-0.15, -0.1) is 0 Å². The summed E-state index contributed by atoms with van der Waals surface area (Å²) in [5.74, 6) is 1.67. The van der Waals surface area contributed by atoms with Gasteiger partial charge in [-0.05, 0) is 19.3 Å². The molecule has 0 N–H and O–H groups in total. The summed E-state index contributed by atoms with van der Waals surface area (Å²) in [6.45, 7) is 5.38. The van der Waals surface area contributed by atoms with Gasteiger partial charge in [0.2, 0.25) is 17.6 Å². The first kappa shape index (κ1) is 18.1. The Morgan fingerprint density at radius 3 is 2.70 bits per heavy atom. The van der Waals surface area contributed by atoms with E-state index >= 15 is 0 Å². The minimum Gasteiger partial charge on any atom is -0.381 e. The lowest BCUT2D eigenvalue weighted by molar-refractivity contribution is -0.138. The number of nitrogens with zero attached hydrogens (tertiary/aromatic N) is 4. The molecule has 3 heterocycles. The van der Waals surface area contributed by atoms with Gasteiger partial charge in [-0.1, -0.05) is 35.5 Å². The second kappa shape index (κ2) is 8.63. The highest BCUT2D eigenvalue weighted by Crippen LogP contribution is 2.20. The van der Waals surface area contributed by atoms with E-state index in [0.717, 1.165) is 51.0 Å². The predicted octanol–water partition coefficient (Wildman–Crippen LogP) is 2.20. The van der Waals surface area contributed by atoms with E-state index in [4.69, 9.17) is 9.26 Å². The van der Waals surface area contributed by atoms with Gasteiger partial charge in [0.05, 0.1) is 6.54 Å². The predicted molar refractivity (Wildman–Crippen MR) is 99.8 cm³/mol. The number of hydrogen-bond acceptors (Lipinski definition) is 6. The molecule has 2 saturated heterocycles. The van der Waals surface area contributed by atoms with Gasteiger partial charge in [0.15, 0.2) is 0 Å². The third-order valence-electron chi connectivity index (χ3n) is 5.33. The molecule has 2 aliphatic heterocycles. The Morgan fingerprint density at radius 2 is 1.89 bits per heavy atom. The Kier molecular flexibility index (Phi) is 5.79. The van der Waals surface area contributed by atoms with Gasteiger partial charge in [0.1, 0.15) is 0 Å². The second-order valence-corrected chi connectivity index (χ2v) is 7.22. The fourth-order valence-electron chi connectivity index (χ4n) is 3.77. The maximum absolute atomic E-state index is 12.7. The number of amides is 1. The first-order valence-electron chi connectivity index (χ1n) is 9.76. The fraction of sp³-hybridized carbons (Fsp3) is 0.550. The Morgan fingerprint density at radius 1 is 1.07 bits per heavy atom. The molecule has 2 fully saturated rings. The average Bonchev–Trinajstić information content (AvgIpc) is 3.07. The Hall–Kier alpha value is -2.25. The average molecular weight is 370 g/mol. The molecule has 144 valence electrons. The van der Waals surface area contributed by atoms with Crippen LogP contribution in [-0.2, 0) is 16.1 Å². The molecule has 1 amide bonds. The van der Waals surface area contributed by atoms with Crippen molar-refractivity contribution in [2.45, 2.75) is 25.8 Å². The van der Waals surface area contributed by atoms with Crippen LogP contribution in [0.5, 0.6) is 0 Å². The van der Waals surface area contributed by atoms with Gasteiger partial charge >= 0.3 is 0 Å². The molecular formula is C20H26N4O3. The monoisotopic (exact) mass is 370 g/mol. The van der Waals surface area contributed by atoms with E-state index in [2.05, 4.69) is 15.0 Å². The SMILES string of the molecule is O=C(C1CCOCC1)N1CCCN(Cc2nc(-c3ccccc3)no2)CC1. The molecule has 27 heavy (non-hydrogen) atoms. The highest BCUT2D eigenvalue weighted by atomic mass is 16.5. The van der Waals surface area contributed by atoms with E-state index in [9.17, 15) is 4.79 Å². The minimum atomic E-state index is 0.134. The maximum atomic E-state index is 12.7. The van der Waals surface area contributed by atoms with Crippen LogP contribution in [0.1, 0.15) is 25.2 Å². The van der Waals surface area contributed by atoms with Crippen LogP contribution in [0.2, 0.25) is 0 Å². The van der Waals surface area contributed by atoms with E-state index in [-0.39, 0.29) is 5.92 Å². The number of carbonyl (C=O) groups is 1. The number of ether oxygens (including phenoxy) is 1. The summed E-state index contributed by atoms with van der Waals surface area (Å²) in [5.41, 5.74) is 0.955. The summed E-state index contributed by atoms with van der Waals surface area (Å²) in [6.07, 6.45) is 2.67. The van der Waals surface area contributed by atoms with Crippen molar-refractivity contribution in [1.82, 2.24) is 19.9 Å². The van der Waals surface area contributed by atoms with E-state index in [0.29, 0.717) is 37.4 Å². The van der Waals surface area contributed by atoms with Crippen LogP contribution in [0.3, 0.4) is 0 Å². The Balaban J connectivity index is 1.32. The lowest BCUT2D eigenvalue weighted by Gasteiger charge is -2.28. The lowest BCUT2D eigenvalue weighted by atomic mass is 9.98. The van der Waals surface area contributed by atoms with Crippen molar-refractivity contribution >= 4 is 5.91 Å². The van der Waals surface area contributed by atoms with Crippen molar-refractivity contribution < 1.29 is 14.1 Å². The van der Waals surface area contributed by atoms with Crippen molar-refractivity contribution in [3.63, 3.8) is 0 Å². The number of carbonyl (C=O) groups excluding carboxylic acids is 1. The van der Waals surface area contributed by atoms with Crippen LogP contribution in [0.25, 0.3) is 11.4 Å². The summed E-state index contributed by atoms with van der Waals surface area (Å²) >= 11 is 0. The number of aromatic nitrogens is 2. The van der Waals surface area contributed by atoms with Gasteiger partial charge in [-0.3, -0.25) is 9.69 Å². The molecule has 0 aliphatic carbocycles. The molecule has 0 bridgehead atoms. The maximum Gasteiger partial charge on any atom is 0.241 e. The molecule has 0 saturated carbocycles. The molecule has 1 aromatic carbocycles. The second-order valence-electron chi connectivity index (χ2n) is 7.22. The zero-order valence-electron chi connectivity index (χ0n) is 15.5. The zero-order valence-corrected chi connectivity index (χ0v) is 15.5. The van der Waals surface area contributed by atoms with E-state index in [1.54, 1.807) is 0 Å². The van der Waals surface area contributed by atoms with Crippen molar-refractivity contribution in [1.29, 1.82) is 0 Å². The number of benzene rings is 1. The minimum absolute atomic E-state index is 0.134. The fourth-order valence-corrected chi connectivity index (χ4v) is 3.77. The third kappa shape index (κ3) is 4.54. The largest absolute Gasteiger partial charge is 0.381 e. The molecule has 0 unspecified atom stereocenters. The highest BCUT2D eigenvalue weighted by molar-refractivity contribution is 5.79. The molecule has 0 atom stereocenters. The number of hydrogen-bond donors (Lipinski definition) is 0. The van der Waals surface area contributed by atoms with Gasteiger partial charge in [0, 0.05) is 50.9 Å². The molecule has 0 radical (unpaired) electrons. The van der Waals surface area contributed by atoms with Crippen LogP contribution >= 0.6 is 0 Å². The smallest absolute Gasteiger partial charge is 0.241 e. The molecular weight excluding hydrogens is 344 g/mol. The first-order chi connectivity index (χ1) is 13.3. The summed E-state index contributed by atoms with van der Waals surface area (Å²) in [5, 5.41) is 4.09. The first-order valence-corrected chi connectivity index (χ1v) is 9.76. The standard InChI is InChI=1S/C20H26N4O3/c25-20(17-7-13-26-14-8-17)24-10-4-9-23(11-12-24)15-18-21-19(22-27-18)16-5-2-1-3-6-16/h1-3,5-6,17H,4,7-15H2. The van der Waals surface area contributed by atoms with Crippen molar-refractivity contribution in [3.05, 3.63) is 36.2 Å². The highest BCUT2D eigenvalue weighted by Gasteiger charge is 2.28. The number of rotatable bonds is 4. The molecule has 4 rings (SSSR count). The van der Waals surface area contributed by atoms with Crippen LogP contribution in [-0.4, -0.2) is 65.2 Å². The van der Waals surface area contributed by atoms with Gasteiger partial charge < -0.3 is 14.2 Å². The van der Waals surface area contributed by atoms with E-state index < -0.39 is 0 Å². The normalized spacial score (nSPS) is 19.8. The van der Waals surface area contributed by atoms with Crippen molar-refractivity contribution in [2.75, 3.05) is 39.4 Å². The summed E-state index contributed by atoms with van der Waals surface area (Å²) in [7, 11) is 0. The Bertz CT molecular complexity index is 743. The molecule has 2 aromatic rings. The summed E-state index contributed by atoms with van der Waals surface area (Å²) in [6, 6.07) is 9.84. The van der Waals surface area contributed by atoms with Gasteiger partial charge in [-0.2, -0.15) is 4.98 Å². The molecule has 7 nitrogen and oxygen atoms in total. The van der Waals surface area contributed by atoms with Crippen molar-refractivity contribution in [3.8, 4) is 11.4 Å². The third-order valence-corrected chi connectivity index (χ3v) is 5.33. The molecule has 7 heteroatoms. The summed E-state index contributed by atoms with van der Waals surface area (Å²) in [4.78, 5) is 21.6. The van der Waals surface area contributed by atoms with Crippen LogP contribution < -0.4 is 0 Å². The lowest BCUT2D eigenvalue weighted by Crippen LogP contribution is -2.40. The Labute approximate surface area is 159 Å². The van der Waals surface area contributed by atoms with Crippen LogP contribution in [0.15, 0.2) is 34.9 Å². The van der Waals surface area contributed by atoms with Crippen LogP contribution in [0.4, 0.5) is 0 Å².